The first-order valence-electron chi connectivity index (χ1n) is 8.66. The van der Waals surface area contributed by atoms with Crippen LogP contribution in [0.3, 0.4) is 0 Å². The first-order valence-corrected chi connectivity index (χ1v) is 8.66. The molecule has 1 aromatic carbocycles. The highest BCUT2D eigenvalue weighted by molar-refractivity contribution is 14.0. The SMILES string of the molecule is CCNC(=NCC(c1ccc(OC)c(OC)c1)N(C)C)NC(C)(C)C.I. The molecule has 0 saturated carbocycles. The fourth-order valence-electron chi connectivity index (χ4n) is 2.47. The molecule has 0 spiro atoms. The second kappa shape index (κ2) is 11.5. The Morgan fingerprint density at radius 2 is 1.77 bits per heavy atom. The minimum Gasteiger partial charge on any atom is -0.493 e. The van der Waals surface area contributed by atoms with Crippen molar-refractivity contribution in [3.63, 3.8) is 0 Å². The molecule has 1 unspecified atom stereocenters. The standard InChI is InChI=1S/C19H34N4O2.HI/c1-9-20-18(22-19(2,3)4)21-13-15(23(5)6)14-10-11-16(24-7)17(12-14)25-8;/h10-12,15H,9,13H2,1-8H3,(H2,20,21,22);1H. The first kappa shape index (κ1) is 24.8. The number of hydrogen-bond donors (Lipinski definition) is 2. The monoisotopic (exact) mass is 478 g/mol. The number of methoxy groups -OCH3 is 2. The fraction of sp³-hybridized carbons (Fsp3) is 0.632. The lowest BCUT2D eigenvalue weighted by Gasteiger charge is -2.26. The maximum absolute atomic E-state index is 5.43. The van der Waals surface area contributed by atoms with E-state index in [1.165, 1.54) is 0 Å². The van der Waals surface area contributed by atoms with Crippen LogP contribution in [0.15, 0.2) is 23.2 Å². The highest BCUT2D eigenvalue weighted by Crippen LogP contribution is 2.31. The number of halogens is 1. The van der Waals surface area contributed by atoms with Gasteiger partial charge in [-0.05, 0) is 59.5 Å². The van der Waals surface area contributed by atoms with Gasteiger partial charge in [-0.3, -0.25) is 4.99 Å². The molecular weight excluding hydrogens is 443 g/mol. The third-order valence-corrected chi connectivity index (χ3v) is 3.68. The third kappa shape index (κ3) is 7.99. The normalized spacial score (nSPS) is 13.0. The molecule has 0 aliphatic carbocycles. The van der Waals surface area contributed by atoms with E-state index in [4.69, 9.17) is 14.5 Å². The van der Waals surface area contributed by atoms with Gasteiger partial charge in [-0.2, -0.15) is 0 Å². The first-order chi connectivity index (χ1) is 11.7. The number of likely N-dealkylation sites (N-methyl/N-ethyl adjacent to an activating group) is 1. The van der Waals surface area contributed by atoms with E-state index in [0.717, 1.165) is 29.6 Å². The summed E-state index contributed by atoms with van der Waals surface area (Å²) in [4.78, 5) is 6.93. The molecule has 1 rings (SSSR count). The second-order valence-electron chi connectivity index (χ2n) is 7.19. The number of aliphatic imine (C=N–C) groups is 1. The molecule has 7 heteroatoms. The Labute approximate surface area is 175 Å². The van der Waals surface area contributed by atoms with Crippen molar-refractivity contribution < 1.29 is 9.47 Å². The van der Waals surface area contributed by atoms with Crippen molar-refractivity contribution in [2.75, 3.05) is 41.4 Å². The van der Waals surface area contributed by atoms with Gasteiger partial charge in [0.15, 0.2) is 17.5 Å². The Kier molecular flexibility index (Phi) is 10.9. The van der Waals surface area contributed by atoms with Crippen LogP contribution in [0.25, 0.3) is 0 Å². The quantitative estimate of drug-likeness (QED) is 0.358. The average Bonchev–Trinajstić information content (AvgIpc) is 2.53. The zero-order valence-corrected chi connectivity index (χ0v) is 19.7. The fourth-order valence-corrected chi connectivity index (χ4v) is 2.47. The number of ether oxygens (including phenoxy) is 2. The van der Waals surface area contributed by atoms with E-state index in [-0.39, 0.29) is 35.6 Å². The Balaban J connectivity index is 0.00000625. The molecule has 1 atom stereocenters. The van der Waals surface area contributed by atoms with Crippen molar-refractivity contribution in [1.82, 2.24) is 15.5 Å². The van der Waals surface area contributed by atoms with Gasteiger partial charge in [0, 0.05) is 12.1 Å². The van der Waals surface area contributed by atoms with Crippen LogP contribution >= 0.6 is 24.0 Å². The van der Waals surface area contributed by atoms with E-state index in [0.29, 0.717) is 6.54 Å². The van der Waals surface area contributed by atoms with Gasteiger partial charge in [0.05, 0.1) is 26.8 Å². The summed E-state index contributed by atoms with van der Waals surface area (Å²) in [5.74, 6) is 2.29. The van der Waals surface area contributed by atoms with Crippen LogP contribution in [0.2, 0.25) is 0 Å². The molecule has 0 fully saturated rings. The molecule has 0 heterocycles. The summed E-state index contributed by atoms with van der Waals surface area (Å²) in [6.07, 6.45) is 0. The topological polar surface area (TPSA) is 58.1 Å². The molecule has 26 heavy (non-hydrogen) atoms. The number of guanidine groups is 1. The molecule has 0 aromatic heterocycles. The van der Waals surface area contributed by atoms with Gasteiger partial charge >= 0.3 is 0 Å². The molecule has 0 bridgehead atoms. The van der Waals surface area contributed by atoms with Crippen molar-refractivity contribution in [1.29, 1.82) is 0 Å². The van der Waals surface area contributed by atoms with E-state index in [1.54, 1.807) is 14.2 Å². The van der Waals surface area contributed by atoms with Crippen LogP contribution in [0, 0.1) is 0 Å². The van der Waals surface area contributed by atoms with E-state index >= 15 is 0 Å². The Bertz CT molecular complexity index is 571. The summed E-state index contributed by atoms with van der Waals surface area (Å²) < 4.78 is 10.8. The minimum absolute atomic E-state index is 0. The number of rotatable bonds is 7. The average molecular weight is 478 g/mol. The molecule has 1 aromatic rings. The van der Waals surface area contributed by atoms with Crippen LogP contribution in [0.1, 0.15) is 39.3 Å². The minimum atomic E-state index is -0.0437. The van der Waals surface area contributed by atoms with Crippen LogP contribution in [0.4, 0.5) is 0 Å². The van der Waals surface area contributed by atoms with Crippen molar-refractivity contribution in [2.24, 2.45) is 4.99 Å². The van der Waals surface area contributed by atoms with Gasteiger partial charge in [-0.25, -0.2) is 0 Å². The number of nitrogens with one attached hydrogen (secondary N) is 2. The summed E-state index contributed by atoms with van der Waals surface area (Å²) in [7, 11) is 7.41. The number of nitrogens with zero attached hydrogens (tertiary/aromatic N) is 2. The Hall–Kier alpha value is -1.22. The van der Waals surface area contributed by atoms with Crippen molar-refractivity contribution in [2.45, 2.75) is 39.3 Å². The zero-order chi connectivity index (χ0) is 19.0. The van der Waals surface area contributed by atoms with Crippen LogP contribution < -0.4 is 20.1 Å². The molecule has 0 aliphatic rings. The summed E-state index contributed by atoms with van der Waals surface area (Å²) in [5, 5.41) is 6.72. The molecule has 2 N–H and O–H groups in total. The second-order valence-corrected chi connectivity index (χ2v) is 7.19. The van der Waals surface area contributed by atoms with Gasteiger partial charge in [0.1, 0.15) is 0 Å². The lowest BCUT2D eigenvalue weighted by Crippen LogP contribution is -2.47. The molecule has 0 saturated heterocycles. The van der Waals surface area contributed by atoms with E-state index in [9.17, 15) is 0 Å². The predicted octanol–water partition coefficient (Wildman–Crippen LogP) is 3.28. The molecular formula is C19H35IN4O2. The van der Waals surface area contributed by atoms with E-state index in [2.05, 4.69) is 63.4 Å². The summed E-state index contributed by atoms with van der Waals surface area (Å²) >= 11 is 0. The van der Waals surface area contributed by atoms with Crippen molar-refractivity contribution in [3.8, 4) is 11.5 Å². The summed E-state index contributed by atoms with van der Waals surface area (Å²) in [6.45, 7) is 9.89. The van der Waals surface area contributed by atoms with Gasteiger partial charge < -0.3 is 25.0 Å². The maximum Gasteiger partial charge on any atom is 0.191 e. The van der Waals surface area contributed by atoms with Gasteiger partial charge in [-0.1, -0.05) is 6.07 Å². The Morgan fingerprint density at radius 1 is 1.15 bits per heavy atom. The van der Waals surface area contributed by atoms with Gasteiger partial charge in [-0.15, -0.1) is 24.0 Å². The largest absolute Gasteiger partial charge is 0.493 e. The molecule has 0 radical (unpaired) electrons. The Morgan fingerprint density at radius 3 is 2.23 bits per heavy atom. The van der Waals surface area contributed by atoms with Gasteiger partial charge in [0.2, 0.25) is 0 Å². The number of benzene rings is 1. The van der Waals surface area contributed by atoms with Crippen LogP contribution in [-0.4, -0.2) is 57.8 Å². The molecule has 150 valence electrons. The molecule has 0 aliphatic heterocycles. The highest BCUT2D eigenvalue weighted by Gasteiger charge is 2.18. The molecule has 6 nitrogen and oxygen atoms in total. The van der Waals surface area contributed by atoms with Crippen LogP contribution in [0.5, 0.6) is 11.5 Å². The maximum atomic E-state index is 5.43. The van der Waals surface area contributed by atoms with Crippen LogP contribution in [-0.2, 0) is 0 Å². The highest BCUT2D eigenvalue weighted by atomic mass is 127. The predicted molar refractivity (Wildman–Crippen MR) is 120 cm³/mol. The number of hydrogen-bond acceptors (Lipinski definition) is 4. The zero-order valence-electron chi connectivity index (χ0n) is 17.3. The van der Waals surface area contributed by atoms with Gasteiger partial charge in [0.25, 0.3) is 0 Å². The van der Waals surface area contributed by atoms with Crippen molar-refractivity contribution in [3.05, 3.63) is 23.8 Å². The lowest BCUT2D eigenvalue weighted by molar-refractivity contribution is 0.303. The van der Waals surface area contributed by atoms with E-state index in [1.807, 2.05) is 12.1 Å². The lowest BCUT2D eigenvalue weighted by atomic mass is 10.1. The smallest absolute Gasteiger partial charge is 0.191 e. The third-order valence-electron chi connectivity index (χ3n) is 3.68. The molecule has 0 amide bonds. The van der Waals surface area contributed by atoms with Crippen molar-refractivity contribution >= 4 is 29.9 Å². The van der Waals surface area contributed by atoms with E-state index < -0.39 is 0 Å². The summed E-state index contributed by atoms with van der Waals surface area (Å²) in [5.41, 5.74) is 1.09. The summed E-state index contributed by atoms with van der Waals surface area (Å²) in [6, 6.07) is 6.15.